The van der Waals surface area contributed by atoms with Gasteiger partial charge in [-0.05, 0) is 89.8 Å². The van der Waals surface area contributed by atoms with Crippen molar-refractivity contribution in [3.05, 3.63) is 136 Å². The Morgan fingerprint density at radius 3 is 2.00 bits per heavy atom. The molecular weight excluding hydrogens is 560 g/mol. The fraction of sp³-hybridized carbons (Fsp3) is 0.325. The number of fused-ring (bicyclic) bond motifs is 2. The Balaban J connectivity index is 1.24. The number of ether oxygens (including phenoxy) is 4. The summed E-state index contributed by atoms with van der Waals surface area (Å²) in [5.74, 6) is 0.424. The Bertz CT molecular complexity index is 1560. The minimum absolute atomic E-state index is 0.191. The number of carbonyl (C=O) groups excluding carboxylic acids is 1. The molecule has 0 fully saturated rings. The second kappa shape index (κ2) is 16.2. The zero-order valence-corrected chi connectivity index (χ0v) is 26.7. The fourth-order valence-corrected chi connectivity index (χ4v) is 5.76. The van der Waals surface area contributed by atoms with Gasteiger partial charge in [-0.2, -0.15) is 0 Å². The van der Waals surface area contributed by atoms with Crippen LogP contribution in [0, 0.1) is 0 Å². The SMILES string of the molecule is CCOC(=O)C(Cc1ccc(OCCOC2c3ccc(CC)cc3C=Cc3cc(CCc4ccccc4)ccc32)cc1)OCC. The number of rotatable bonds is 15. The van der Waals surface area contributed by atoms with Crippen molar-refractivity contribution in [2.24, 2.45) is 0 Å². The van der Waals surface area contributed by atoms with E-state index in [1.165, 1.54) is 38.9 Å². The number of carbonyl (C=O) groups is 1. The van der Waals surface area contributed by atoms with E-state index in [1.54, 1.807) is 6.92 Å². The summed E-state index contributed by atoms with van der Waals surface area (Å²) in [5.41, 5.74) is 9.72. The summed E-state index contributed by atoms with van der Waals surface area (Å²) in [6.45, 7) is 7.50. The average Bonchev–Trinajstić information content (AvgIpc) is 3.22. The van der Waals surface area contributed by atoms with Gasteiger partial charge in [0.1, 0.15) is 18.5 Å². The van der Waals surface area contributed by atoms with Gasteiger partial charge in [-0.15, -0.1) is 0 Å². The smallest absolute Gasteiger partial charge is 0.335 e. The van der Waals surface area contributed by atoms with Gasteiger partial charge in [-0.3, -0.25) is 0 Å². The van der Waals surface area contributed by atoms with Crippen molar-refractivity contribution < 1.29 is 23.7 Å². The van der Waals surface area contributed by atoms with Crippen molar-refractivity contribution in [1.29, 1.82) is 0 Å². The highest BCUT2D eigenvalue weighted by Crippen LogP contribution is 2.36. The second-order valence-electron chi connectivity index (χ2n) is 11.2. The maximum absolute atomic E-state index is 12.2. The summed E-state index contributed by atoms with van der Waals surface area (Å²) < 4.78 is 23.4. The van der Waals surface area contributed by atoms with Crippen LogP contribution in [0.15, 0.2) is 91.0 Å². The highest BCUT2D eigenvalue weighted by Gasteiger charge is 2.23. The third kappa shape index (κ3) is 8.72. The highest BCUT2D eigenvalue weighted by molar-refractivity contribution is 5.77. The van der Waals surface area contributed by atoms with Crippen molar-refractivity contribution in [1.82, 2.24) is 0 Å². The predicted molar refractivity (Wildman–Crippen MR) is 181 cm³/mol. The summed E-state index contributed by atoms with van der Waals surface area (Å²) in [4.78, 5) is 12.2. The number of hydrogen-bond donors (Lipinski definition) is 0. The van der Waals surface area contributed by atoms with Gasteiger partial charge in [0.25, 0.3) is 0 Å². The van der Waals surface area contributed by atoms with Gasteiger partial charge in [0.05, 0.1) is 13.2 Å². The van der Waals surface area contributed by atoms with Crippen molar-refractivity contribution in [2.45, 2.75) is 58.7 Å². The molecule has 1 aliphatic rings. The molecule has 0 aromatic heterocycles. The fourth-order valence-electron chi connectivity index (χ4n) is 5.76. The molecule has 0 N–H and O–H groups in total. The minimum atomic E-state index is -0.608. The quantitative estimate of drug-likeness (QED) is 0.101. The maximum Gasteiger partial charge on any atom is 0.335 e. The van der Waals surface area contributed by atoms with E-state index in [4.69, 9.17) is 18.9 Å². The molecule has 0 saturated carbocycles. The van der Waals surface area contributed by atoms with E-state index in [-0.39, 0.29) is 12.1 Å². The first-order valence-electron chi connectivity index (χ1n) is 16.2. The summed E-state index contributed by atoms with van der Waals surface area (Å²) in [6, 6.07) is 31.9. The molecule has 0 heterocycles. The Morgan fingerprint density at radius 2 is 1.33 bits per heavy atom. The molecule has 4 aromatic carbocycles. The minimum Gasteiger partial charge on any atom is -0.491 e. The highest BCUT2D eigenvalue weighted by atomic mass is 16.6. The molecule has 234 valence electrons. The van der Waals surface area contributed by atoms with E-state index in [9.17, 15) is 4.79 Å². The van der Waals surface area contributed by atoms with Crippen molar-refractivity contribution >= 4 is 18.1 Å². The molecule has 5 rings (SSSR count). The number of benzene rings is 4. The number of aryl methyl sites for hydroxylation is 3. The molecule has 0 amide bonds. The maximum atomic E-state index is 12.2. The van der Waals surface area contributed by atoms with E-state index in [0.29, 0.717) is 32.8 Å². The van der Waals surface area contributed by atoms with Gasteiger partial charge < -0.3 is 18.9 Å². The molecule has 0 saturated heterocycles. The molecule has 0 bridgehead atoms. The Hall–Kier alpha value is -4.19. The first-order chi connectivity index (χ1) is 22.1. The summed E-state index contributed by atoms with van der Waals surface area (Å²) in [7, 11) is 0. The van der Waals surface area contributed by atoms with Crippen LogP contribution in [0.5, 0.6) is 5.75 Å². The van der Waals surface area contributed by atoms with E-state index in [0.717, 1.165) is 30.6 Å². The first kappa shape index (κ1) is 32.2. The molecule has 4 aromatic rings. The number of hydrogen-bond acceptors (Lipinski definition) is 5. The molecule has 2 unspecified atom stereocenters. The second-order valence-corrected chi connectivity index (χ2v) is 11.2. The Labute approximate surface area is 267 Å². The zero-order chi connectivity index (χ0) is 31.4. The van der Waals surface area contributed by atoms with Gasteiger partial charge in [0.15, 0.2) is 6.10 Å². The van der Waals surface area contributed by atoms with E-state index in [1.807, 2.05) is 31.2 Å². The van der Waals surface area contributed by atoms with E-state index in [2.05, 4.69) is 85.8 Å². The third-order valence-electron chi connectivity index (χ3n) is 8.16. The first-order valence-corrected chi connectivity index (χ1v) is 16.2. The van der Waals surface area contributed by atoms with Crippen LogP contribution < -0.4 is 4.74 Å². The third-order valence-corrected chi connectivity index (χ3v) is 8.16. The molecule has 0 spiro atoms. The van der Waals surface area contributed by atoms with Crippen LogP contribution in [0.2, 0.25) is 0 Å². The van der Waals surface area contributed by atoms with Crippen molar-refractivity contribution in [3.8, 4) is 5.75 Å². The Morgan fingerprint density at radius 1 is 0.689 bits per heavy atom. The van der Waals surface area contributed by atoms with Gasteiger partial charge >= 0.3 is 5.97 Å². The number of esters is 1. The van der Waals surface area contributed by atoms with Crippen LogP contribution in [-0.4, -0.2) is 38.5 Å². The summed E-state index contributed by atoms with van der Waals surface area (Å²) >= 11 is 0. The predicted octanol–water partition coefficient (Wildman–Crippen LogP) is 8.21. The molecule has 0 aliphatic heterocycles. The largest absolute Gasteiger partial charge is 0.491 e. The molecule has 5 heteroatoms. The van der Waals surface area contributed by atoms with Crippen LogP contribution >= 0.6 is 0 Å². The molecule has 2 atom stereocenters. The van der Waals surface area contributed by atoms with Gasteiger partial charge in [-0.1, -0.05) is 97.9 Å². The molecule has 45 heavy (non-hydrogen) atoms. The van der Waals surface area contributed by atoms with E-state index >= 15 is 0 Å². The normalized spacial score (nSPS) is 14.2. The lowest BCUT2D eigenvalue weighted by molar-refractivity contribution is -0.156. The van der Waals surface area contributed by atoms with Crippen LogP contribution in [0.25, 0.3) is 12.2 Å². The molecule has 5 nitrogen and oxygen atoms in total. The monoisotopic (exact) mass is 604 g/mol. The van der Waals surface area contributed by atoms with Crippen molar-refractivity contribution in [2.75, 3.05) is 26.4 Å². The molecular formula is C40H44O5. The lowest BCUT2D eigenvalue weighted by atomic mass is 9.93. The topological polar surface area (TPSA) is 54.0 Å². The van der Waals surface area contributed by atoms with Crippen LogP contribution in [-0.2, 0) is 44.7 Å². The van der Waals surface area contributed by atoms with E-state index < -0.39 is 6.10 Å². The standard InChI is InChI=1S/C40H44O5/c1-4-29-16-22-36-33(26-29)18-19-34-27-31(13-12-30-10-8-7-9-11-30)17-23-37(34)39(36)45-25-24-44-35-20-14-32(15-21-35)28-38(42-5-2)40(41)43-6-3/h7-11,14-23,26-27,38-39H,4-6,12-13,24-25,28H2,1-3H3. The zero-order valence-electron chi connectivity index (χ0n) is 26.7. The van der Waals surface area contributed by atoms with Crippen molar-refractivity contribution in [3.63, 3.8) is 0 Å². The molecule has 1 aliphatic carbocycles. The van der Waals surface area contributed by atoms with Crippen LogP contribution in [0.4, 0.5) is 0 Å². The van der Waals surface area contributed by atoms with Gasteiger partial charge in [-0.25, -0.2) is 4.79 Å². The van der Waals surface area contributed by atoms with Crippen LogP contribution in [0.3, 0.4) is 0 Å². The average molecular weight is 605 g/mol. The summed E-state index contributed by atoms with van der Waals surface area (Å²) in [6.07, 6.45) is 7.12. The lowest BCUT2D eigenvalue weighted by Crippen LogP contribution is -2.28. The molecule has 0 radical (unpaired) electrons. The lowest BCUT2D eigenvalue weighted by Gasteiger charge is -2.22. The summed E-state index contributed by atoms with van der Waals surface area (Å²) in [5, 5.41) is 0. The van der Waals surface area contributed by atoms with Gasteiger partial charge in [0.2, 0.25) is 0 Å². The Kier molecular flexibility index (Phi) is 11.6. The van der Waals surface area contributed by atoms with Gasteiger partial charge in [0, 0.05) is 13.0 Å². The van der Waals surface area contributed by atoms with Crippen LogP contribution in [0.1, 0.15) is 71.4 Å².